The summed E-state index contributed by atoms with van der Waals surface area (Å²) in [5.41, 5.74) is 3.67. The van der Waals surface area contributed by atoms with Gasteiger partial charge in [0.15, 0.2) is 0 Å². The highest BCUT2D eigenvalue weighted by atomic mass is 15.3. The molecule has 0 aliphatic carbocycles. The Morgan fingerprint density at radius 1 is 1.17 bits per heavy atom. The monoisotopic (exact) mass is 251 g/mol. The van der Waals surface area contributed by atoms with Gasteiger partial charge in [-0.3, -0.25) is 0 Å². The molecule has 0 radical (unpaired) electrons. The van der Waals surface area contributed by atoms with Crippen molar-refractivity contribution in [2.75, 3.05) is 10.7 Å². The predicted molar refractivity (Wildman–Crippen MR) is 76.4 cm³/mol. The smallest absolute Gasteiger partial charge is 0.148 e. The lowest BCUT2D eigenvalue weighted by Crippen LogP contribution is -2.26. The number of nitrogen functional groups attached to an aromatic ring is 1. The van der Waals surface area contributed by atoms with E-state index >= 15 is 0 Å². The predicted octanol–water partition coefficient (Wildman–Crippen LogP) is 2.56. The first-order chi connectivity index (χ1) is 8.67. The Bertz CT molecular complexity index is 362. The number of aromatic nitrogens is 2. The Morgan fingerprint density at radius 3 is 2.28 bits per heavy atom. The first kappa shape index (κ1) is 14.7. The topological polar surface area (TPSA) is 75.9 Å². The SMILES string of the molecule is CCc1c(NN)ncnc1NC(C)C(CC)CC. The molecule has 1 aromatic heterocycles. The van der Waals surface area contributed by atoms with Crippen LogP contribution >= 0.6 is 0 Å². The second kappa shape index (κ2) is 7.16. The third kappa shape index (κ3) is 3.32. The molecule has 0 amide bonds. The van der Waals surface area contributed by atoms with Crippen molar-refractivity contribution in [2.45, 2.75) is 53.0 Å². The summed E-state index contributed by atoms with van der Waals surface area (Å²) in [6.07, 6.45) is 4.72. The minimum Gasteiger partial charge on any atom is -0.367 e. The van der Waals surface area contributed by atoms with E-state index < -0.39 is 0 Å². The van der Waals surface area contributed by atoms with Crippen LogP contribution in [0.5, 0.6) is 0 Å². The first-order valence-corrected chi connectivity index (χ1v) is 6.74. The van der Waals surface area contributed by atoms with Gasteiger partial charge in [0.05, 0.1) is 0 Å². The van der Waals surface area contributed by atoms with Crippen molar-refractivity contribution in [3.8, 4) is 0 Å². The van der Waals surface area contributed by atoms with Crippen molar-refractivity contribution < 1.29 is 0 Å². The first-order valence-electron chi connectivity index (χ1n) is 6.74. The number of nitrogens with zero attached hydrogens (tertiary/aromatic N) is 2. The highest BCUT2D eigenvalue weighted by Gasteiger charge is 2.16. The van der Waals surface area contributed by atoms with Crippen molar-refractivity contribution >= 4 is 11.6 Å². The van der Waals surface area contributed by atoms with E-state index in [2.05, 4.69) is 48.4 Å². The van der Waals surface area contributed by atoms with Gasteiger partial charge in [0, 0.05) is 11.6 Å². The minimum absolute atomic E-state index is 0.394. The second-order valence-electron chi connectivity index (χ2n) is 4.56. The third-order valence-corrected chi connectivity index (χ3v) is 3.56. The van der Waals surface area contributed by atoms with Crippen LogP contribution in [0.2, 0.25) is 0 Å². The summed E-state index contributed by atoms with van der Waals surface area (Å²) >= 11 is 0. The van der Waals surface area contributed by atoms with Crippen LogP contribution in [0.3, 0.4) is 0 Å². The molecule has 1 atom stereocenters. The van der Waals surface area contributed by atoms with Gasteiger partial charge in [0.25, 0.3) is 0 Å². The Hall–Kier alpha value is -1.36. The normalized spacial score (nSPS) is 12.6. The van der Waals surface area contributed by atoms with Crippen molar-refractivity contribution in [3.05, 3.63) is 11.9 Å². The van der Waals surface area contributed by atoms with Gasteiger partial charge in [-0.05, 0) is 19.3 Å². The number of rotatable bonds is 7. The maximum Gasteiger partial charge on any atom is 0.148 e. The lowest BCUT2D eigenvalue weighted by molar-refractivity contribution is 0.437. The molecule has 102 valence electrons. The van der Waals surface area contributed by atoms with E-state index in [1.165, 1.54) is 19.2 Å². The van der Waals surface area contributed by atoms with E-state index in [0.29, 0.717) is 17.8 Å². The largest absolute Gasteiger partial charge is 0.367 e. The summed E-state index contributed by atoms with van der Waals surface area (Å²) in [7, 11) is 0. The van der Waals surface area contributed by atoms with Gasteiger partial charge in [0.1, 0.15) is 18.0 Å². The van der Waals surface area contributed by atoms with Gasteiger partial charge in [-0.15, -0.1) is 0 Å². The molecular weight excluding hydrogens is 226 g/mol. The summed E-state index contributed by atoms with van der Waals surface area (Å²) in [5.74, 6) is 7.71. The zero-order chi connectivity index (χ0) is 13.5. The highest BCUT2D eigenvalue weighted by Crippen LogP contribution is 2.23. The molecule has 0 saturated heterocycles. The van der Waals surface area contributed by atoms with E-state index in [9.17, 15) is 0 Å². The van der Waals surface area contributed by atoms with Crippen LogP contribution in [0.4, 0.5) is 11.6 Å². The number of nitrogens with two attached hydrogens (primary N) is 1. The summed E-state index contributed by atoms with van der Waals surface area (Å²) in [6.45, 7) is 8.72. The molecule has 1 heterocycles. The molecule has 1 rings (SSSR count). The summed E-state index contributed by atoms with van der Waals surface area (Å²) in [6, 6.07) is 0.394. The molecule has 0 aliphatic rings. The highest BCUT2D eigenvalue weighted by molar-refractivity contribution is 5.57. The maximum atomic E-state index is 5.47. The fourth-order valence-electron chi connectivity index (χ4n) is 2.33. The standard InChI is InChI=1S/C13H25N5/c1-5-10(6-2)9(4)17-12-11(7-3)13(18-14)16-8-15-12/h8-10H,5-7,14H2,1-4H3,(H2,15,16,17,18). The van der Waals surface area contributed by atoms with Gasteiger partial charge >= 0.3 is 0 Å². The van der Waals surface area contributed by atoms with Crippen LogP contribution in [-0.2, 0) is 6.42 Å². The molecule has 0 bridgehead atoms. The molecule has 0 fully saturated rings. The van der Waals surface area contributed by atoms with Gasteiger partial charge in [-0.25, -0.2) is 15.8 Å². The van der Waals surface area contributed by atoms with E-state index in [4.69, 9.17) is 5.84 Å². The van der Waals surface area contributed by atoms with Gasteiger partial charge in [0.2, 0.25) is 0 Å². The number of anilines is 2. The number of hydrogen-bond donors (Lipinski definition) is 3. The lowest BCUT2D eigenvalue weighted by atomic mass is 9.95. The number of hydrogen-bond acceptors (Lipinski definition) is 5. The Morgan fingerprint density at radius 2 is 1.78 bits per heavy atom. The van der Waals surface area contributed by atoms with Crippen LogP contribution in [0.1, 0.15) is 46.1 Å². The fraction of sp³-hybridized carbons (Fsp3) is 0.692. The van der Waals surface area contributed by atoms with Gasteiger partial charge in [-0.1, -0.05) is 33.6 Å². The van der Waals surface area contributed by atoms with Crippen molar-refractivity contribution in [2.24, 2.45) is 11.8 Å². The van der Waals surface area contributed by atoms with Gasteiger partial charge < -0.3 is 10.7 Å². The van der Waals surface area contributed by atoms with E-state index in [-0.39, 0.29) is 0 Å². The van der Waals surface area contributed by atoms with Crippen LogP contribution in [0, 0.1) is 5.92 Å². The molecule has 1 aromatic rings. The van der Waals surface area contributed by atoms with Crippen LogP contribution in [0.15, 0.2) is 6.33 Å². The molecule has 0 aliphatic heterocycles. The molecule has 5 nitrogen and oxygen atoms in total. The molecule has 1 unspecified atom stereocenters. The molecule has 18 heavy (non-hydrogen) atoms. The molecule has 0 aromatic carbocycles. The minimum atomic E-state index is 0.394. The van der Waals surface area contributed by atoms with Crippen molar-refractivity contribution in [1.29, 1.82) is 0 Å². The summed E-state index contributed by atoms with van der Waals surface area (Å²) < 4.78 is 0. The Balaban J connectivity index is 2.89. The lowest BCUT2D eigenvalue weighted by Gasteiger charge is -2.24. The zero-order valence-electron chi connectivity index (χ0n) is 11.8. The van der Waals surface area contributed by atoms with E-state index in [0.717, 1.165) is 17.8 Å². The average molecular weight is 251 g/mol. The molecule has 5 heteroatoms. The Labute approximate surface area is 110 Å². The second-order valence-corrected chi connectivity index (χ2v) is 4.56. The Kier molecular flexibility index (Phi) is 5.85. The third-order valence-electron chi connectivity index (χ3n) is 3.56. The van der Waals surface area contributed by atoms with Gasteiger partial charge in [-0.2, -0.15) is 0 Å². The van der Waals surface area contributed by atoms with Crippen LogP contribution < -0.4 is 16.6 Å². The van der Waals surface area contributed by atoms with Crippen LogP contribution in [-0.4, -0.2) is 16.0 Å². The number of hydrazine groups is 1. The molecular formula is C13H25N5. The molecule has 0 spiro atoms. The fourth-order valence-corrected chi connectivity index (χ4v) is 2.33. The maximum absolute atomic E-state index is 5.47. The van der Waals surface area contributed by atoms with E-state index in [1.807, 2.05) is 0 Å². The quantitative estimate of drug-likeness (QED) is 0.513. The number of nitrogens with one attached hydrogen (secondary N) is 2. The van der Waals surface area contributed by atoms with Crippen LogP contribution in [0.25, 0.3) is 0 Å². The average Bonchev–Trinajstić information content (AvgIpc) is 2.39. The van der Waals surface area contributed by atoms with Crippen molar-refractivity contribution in [3.63, 3.8) is 0 Å². The summed E-state index contributed by atoms with van der Waals surface area (Å²) in [5, 5.41) is 3.49. The molecule has 4 N–H and O–H groups in total. The summed E-state index contributed by atoms with van der Waals surface area (Å²) in [4.78, 5) is 8.47. The zero-order valence-corrected chi connectivity index (χ0v) is 11.8. The molecule has 0 saturated carbocycles. The van der Waals surface area contributed by atoms with Crippen molar-refractivity contribution in [1.82, 2.24) is 9.97 Å². The van der Waals surface area contributed by atoms with E-state index in [1.54, 1.807) is 0 Å².